The van der Waals surface area contributed by atoms with Gasteiger partial charge in [0.2, 0.25) is 0 Å². The topological polar surface area (TPSA) is 148 Å². The van der Waals surface area contributed by atoms with Crippen LogP contribution in [0.2, 0.25) is 0 Å². The van der Waals surface area contributed by atoms with Crippen LogP contribution in [0.15, 0.2) is 18.2 Å². The van der Waals surface area contributed by atoms with E-state index in [1.807, 2.05) is 23.1 Å². The summed E-state index contributed by atoms with van der Waals surface area (Å²) in [6.45, 7) is 3.27. The highest BCUT2D eigenvalue weighted by Crippen LogP contribution is 2.30. The van der Waals surface area contributed by atoms with E-state index in [1.54, 1.807) is 0 Å². The lowest BCUT2D eigenvalue weighted by molar-refractivity contribution is 0.281. The molecular formula is C14H25N3O6S. The van der Waals surface area contributed by atoms with Crippen molar-refractivity contribution in [3.05, 3.63) is 18.2 Å². The smallest absolute Gasteiger partial charge is 0.394 e. The van der Waals surface area contributed by atoms with Crippen molar-refractivity contribution in [3.8, 4) is 0 Å². The standard InChI is InChI=1S/C14H23N3O2.H2O4S/c15-13-11-12(16(7-9-18)8-10-19)3-4-14(13)17-5-1-2-6-17;1-5(2,3)4/h3-4,11,18-19H,1-2,5-10,15H2;(H2,1,2,3,4). The van der Waals surface area contributed by atoms with Gasteiger partial charge < -0.3 is 25.7 Å². The zero-order valence-corrected chi connectivity index (χ0v) is 14.2. The molecule has 1 fully saturated rings. The molecule has 0 saturated carbocycles. The summed E-state index contributed by atoms with van der Waals surface area (Å²) in [7, 11) is -4.67. The number of rotatable bonds is 6. The van der Waals surface area contributed by atoms with Gasteiger partial charge in [0.15, 0.2) is 0 Å². The van der Waals surface area contributed by atoms with E-state index in [9.17, 15) is 0 Å². The zero-order valence-electron chi connectivity index (χ0n) is 13.4. The van der Waals surface area contributed by atoms with Gasteiger partial charge >= 0.3 is 10.4 Å². The van der Waals surface area contributed by atoms with E-state index in [2.05, 4.69) is 4.90 Å². The summed E-state index contributed by atoms with van der Waals surface area (Å²) < 4.78 is 31.6. The first-order chi connectivity index (χ1) is 11.3. The number of hydrogen-bond acceptors (Lipinski definition) is 7. The van der Waals surface area contributed by atoms with Crippen LogP contribution in [0.25, 0.3) is 0 Å². The van der Waals surface area contributed by atoms with Gasteiger partial charge in [0.1, 0.15) is 0 Å². The van der Waals surface area contributed by atoms with Gasteiger partial charge in [-0.1, -0.05) is 0 Å². The molecule has 10 heteroatoms. The fourth-order valence-corrected chi connectivity index (χ4v) is 2.60. The Balaban J connectivity index is 0.000000505. The molecule has 6 N–H and O–H groups in total. The molecule has 1 saturated heterocycles. The average Bonchev–Trinajstić information content (AvgIpc) is 2.99. The Labute approximate surface area is 141 Å². The monoisotopic (exact) mass is 363 g/mol. The molecule has 0 amide bonds. The Morgan fingerprint density at radius 2 is 1.58 bits per heavy atom. The van der Waals surface area contributed by atoms with E-state index in [1.165, 1.54) is 12.8 Å². The Kier molecular flexibility index (Phi) is 8.22. The third-order valence-electron chi connectivity index (χ3n) is 3.56. The maximum Gasteiger partial charge on any atom is 0.394 e. The maximum absolute atomic E-state index is 9.06. The number of benzene rings is 1. The molecule has 9 nitrogen and oxygen atoms in total. The molecule has 0 radical (unpaired) electrons. The molecule has 1 aromatic carbocycles. The van der Waals surface area contributed by atoms with Crippen molar-refractivity contribution in [2.24, 2.45) is 0 Å². The van der Waals surface area contributed by atoms with Gasteiger partial charge in [-0.3, -0.25) is 9.11 Å². The van der Waals surface area contributed by atoms with E-state index in [4.69, 9.17) is 33.5 Å². The van der Waals surface area contributed by atoms with E-state index >= 15 is 0 Å². The number of anilines is 3. The lowest BCUT2D eigenvalue weighted by Gasteiger charge is -2.25. The van der Waals surface area contributed by atoms with Gasteiger partial charge in [-0.15, -0.1) is 0 Å². The van der Waals surface area contributed by atoms with Crippen LogP contribution in [0.3, 0.4) is 0 Å². The Morgan fingerprint density at radius 3 is 2.00 bits per heavy atom. The van der Waals surface area contributed by atoms with Crippen molar-refractivity contribution in [2.45, 2.75) is 12.8 Å². The van der Waals surface area contributed by atoms with E-state index in [0.717, 1.165) is 30.2 Å². The predicted molar refractivity (Wildman–Crippen MR) is 92.9 cm³/mol. The minimum absolute atomic E-state index is 0.0633. The van der Waals surface area contributed by atoms with E-state index < -0.39 is 10.4 Å². The molecule has 24 heavy (non-hydrogen) atoms. The summed E-state index contributed by atoms with van der Waals surface area (Å²) in [4.78, 5) is 4.24. The second-order valence-electron chi connectivity index (χ2n) is 5.32. The highest BCUT2D eigenvalue weighted by atomic mass is 32.3. The number of hydrogen-bond donors (Lipinski definition) is 5. The first kappa shape index (κ1) is 20.5. The lowest BCUT2D eigenvalue weighted by Crippen LogP contribution is -2.29. The van der Waals surface area contributed by atoms with Crippen LogP contribution >= 0.6 is 0 Å². The summed E-state index contributed by atoms with van der Waals surface area (Å²) in [5.41, 5.74) is 8.94. The molecule has 1 aliphatic heterocycles. The molecule has 2 rings (SSSR count). The van der Waals surface area contributed by atoms with Crippen molar-refractivity contribution in [1.82, 2.24) is 0 Å². The number of nitrogen functional groups attached to an aromatic ring is 1. The quantitative estimate of drug-likeness (QED) is 0.348. The van der Waals surface area contributed by atoms with Gasteiger partial charge in [-0.2, -0.15) is 8.42 Å². The second-order valence-corrected chi connectivity index (χ2v) is 6.22. The SMILES string of the molecule is Nc1cc(N(CCO)CCO)ccc1N1CCCC1.O=S(=O)(O)O. The van der Waals surface area contributed by atoms with Gasteiger partial charge in [0.05, 0.1) is 24.6 Å². The fraction of sp³-hybridized carbons (Fsp3) is 0.571. The third kappa shape index (κ3) is 7.32. The summed E-state index contributed by atoms with van der Waals surface area (Å²) in [5.74, 6) is 0. The van der Waals surface area contributed by atoms with Crippen molar-refractivity contribution >= 4 is 27.5 Å². The predicted octanol–water partition coefficient (Wildman–Crippen LogP) is 0.00720. The molecule has 1 aromatic rings. The normalized spacial score (nSPS) is 14.2. The van der Waals surface area contributed by atoms with E-state index in [0.29, 0.717) is 13.1 Å². The highest BCUT2D eigenvalue weighted by Gasteiger charge is 2.16. The summed E-state index contributed by atoms with van der Waals surface area (Å²) in [6.07, 6.45) is 2.45. The summed E-state index contributed by atoms with van der Waals surface area (Å²) in [6, 6.07) is 5.98. The molecule has 1 aliphatic rings. The maximum atomic E-state index is 9.06. The Hall–Kier alpha value is -1.59. The van der Waals surface area contributed by atoms with Crippen molar-refractivity contribution < 1.29 is 27.7 Å². The fourth-order valence-electron chi connectivity index (χ4n) is 2.60. The van der Waals surface area contributed by atoms with Crippen LogP contribution < -0.4 is 15.5 Å². The second kappa shape index (κ2) is 9.64. The van der Waals surface area contributed by atoms with Crippen LogP contribution in [-0.4, -0.2) is 67.1 Å². The number of nitrogens with zero attached hydrogens (tertiary/aromatic N) is 2. The van der Waals surface area contributed by atoms with Crippen LogP contribution in [0.1, 0.15) is 12.8 Å². The molecule has 0 aliphatic carbocycles. The minimum Gasteiger partial charge on any atom is -0.397 e. The van der Waals surface area contributed by atoms with Crippen LogP contribution in [0.4, 0.5) is 17.1 Å². The number of aliphatic hydroxyl groups is 2. The average molecular weight is 363 g/mol. The summed E-state index contributed by atoms with van der Waals surface area (Å²) >= 11 is 0. The third-order valence-corrected chi connectivity index (χ3v) is 3.56. The molecule has 0 atom stereocenters. The van der Waals surface area contributed by atoms with Gasteiger partial charge in [0, 0.05) is 31.9 Å². The van der Waals surface area contributed by atoms with Gasteiger partial charge in [-0.05, 0) is 31.0 Å². The van der Waals surface area contributed by atoms with Crippen molar-refractivity contribution in [1.29, 1.82) is 0 Å². The first-order valence-electron chi connectivity index (χ1n) is 7.57. The number of nitrogens with two attached hydrogens (primary N) is 1. The van der Waals surface area contributed by atoms with Crippen LogP contribution in [-0.2, 0) is 10.4 Å². The molecule has 0 bridgehead atoms. The zero-order chi connectivity index (χ0) is 18.2. The van der Waals surface area contributed by atoms with Gasteiger partial charge in [0.25, 0.3) is 0 Å². The summed E-state index contributed by atoms with van der Waals surface area (Å²) in [5, 5.41) is 18.1. The molecule has 0 unspecified atom stereocenters. The molecular weight excluding hydrogens is 338 g/mol. The van der Waals surface area contributed by atoms with Crippen LogP contribution in [0, 0.1) is 0 Å². The van der Waals surface area contributed by atoms with Crippen molar-refractivity contribution in [2.75, 3.05) is 54.9 Å². The molecule has 1 heterocycles. The van der Waals surface area contributed by atoms with E-state index in [-0.39, 0.29) is 13.2 Å². The minimum atomic E-state index is -4.67. The Bertz CT molecular complexity index is 591. The van der Waals surface area contributed by atoms with Gasteiger partial charge in [-0.25, -0.2) is 0 Å². The highest BCUT2D eigenvalue weighted by molar-refractivity contribution is 7.79. The first-order valence-corrected chi connectivity index (χ1v) is 8.97. The Morgan fingerprint density at radius 1 is 1.08 bits per heavy atom. The largest absolute Gasteiger partial charge is 0.397 e. The number of aliphatic hydroxyl groups excluding tert-OH is 2. The molecule has 138 valence electrons. The van der Waals surface area contributed by atoms with Crippen molar-refractivity contribution in [3.63, 3.8) is 0 Å². The molecule has 0 aromatic heterocycles. The van der Waals surface area contributed by atoms with Crippen LogP contribution in [0.5, 0.6) is 0 Å². The lowest BCUT2D eigenvalue weighted by atomic mass is 10.2. The molecule has 0 spiro atoms.